The number of nitrogens with zero attached hydrogens (tertiary/aromatic N) is 5. The Bertz CT molecular complexity index is 1100. The van der Waals surface area contributed by atoms with E-state index in [-0.39, 0.29) is 5.69 Å². The van der Waals surface area contributed by atoms with Crippen LogP contribution < -0.4 is 10.4 Å². The standard InChI is InChI=1S/C21H25N5O3/c1-6-18(22-28-5)16-10-11-20(15(3)12-16)29-13-17-14(2)8-7-9-19(17)26-21(27)25(4)23-24-26/h7-12H,6,13H2,1-5H3/b22-18+. The minimum atomic E-state index is -0.304. The number of oxime groups is 1. The normalized spacial score (nSPS) is 11.6. The molecule has 152 valence electrons. The fourth-order valence-electron chi connectivity index (χ4n) is 3.11. The number of tetrazole rings is 1. The van der Waals surface area contributed by atoms with E-state index in [4.69, 9.17) is 9.57 Å². The maximum absolute atomic E-state index is 12.3. The first-order valence-electron chi connectivity index (χ1n) is 9.38. The lowest BCUT2D eigenvalue weighted by atomic mass is 10.0. The Balaban J connectivity index is 1.88. The third-order valence-electron chi connectivity index (χ3n) is 4.75. The van der Waals surface area contributed by atoms with Crippen LogP contribution in [0.2, 0.25) is 0 Å². The van der Waals surface area contributed by atoms with Gasteiger partial charge in [0.25, 0.3) is 0 Å². The molecule has 0 N–H and O–H groups in total. The highest BCUT2D eigenvalue weighted by molar-refractivity contribution is 6.00. The van der Waals surface area contributed by atoms with E-state index >= 15 is 0 Å². The van der Waals surface area contributed by atoms with Crippen LogP contribution in [0.4, 0.5) is 0 Å². The molecule has 0 fully saturated rings. The monoisotopic (exact) mass is 395 g/mol. The van der Waals surface area contributed by atoms with E-state index in [1.807, 2.05) is 57.2 Å². The average Bonchev–Trinajstić information content (AvgIpc) is 3.04. The number of hydrogen-bond acceptors (Lipinski definition) is 6. The van der Waals surface area contributed by atoms with E-state index < -0.39 is 0 Å². The van der Waals surface area contributed by atoms with Crippen molar-refractivity contribution < 1.29 is 9.57 Å². The molecule has 8 nitrogen and oxygen atoms in total. The number of hydrogen-bond donors (Lipinski definition) is 0. The zero-order valence-corrected chi connectivity index (χ0v) is 17.3. The molecule has 3 aromatic rings. The Morgan fingerprint density at radius 3 is 2.55 bits per heavy atom. The second-order valence-electron chi connectivity index (χ2n) is 6.71. The van der Waals surface area contributed by atoms with Crippen LogP contribution in [0.1, 0.15) is 35.6 Å². The molecule has 0 saturated carbocycles. The molecular weight excluding hydrogens is 370 g/mol. The Morgan fingerprint density at radius 1 is 1.14 bits per heavy atom. The van der Waals surface area contributed by atoms with Crippen LogP contribution in [0.25, 0.3) is 5.69 Å². The van der Waals surface area contributed by atoms with Crippen LogP contribution >= 0.6 is 0 Å². The van der Waals surface area contributed by atoms with Crippen molar-refractivity contribution in [1.29, 1.82) is 0 Å². The quantitative estimate of drug-likeness (QED) is 0.454. The van der Waals surface area contributed by atoms with Gasteiger partial charge in [-0.15, -0.1) is 0 Å². The molecule has 0 saturated heterocycles. The van der Waals surface area contributed by atoms with Crippen LogP contribution in [0, 0.1) is 13.8 Å². The summed E-state index contributed by atoms with van der Waals surface area (Å²) >= 11 is 0. The van der Waals surface area contributed by atoms with Gasteiger partial charge in [-0.2, -0.15) is 9.36 Å². The molecule has 0 unspecified atom stereocenters. The van der Waals surface area contributed by atoms with E-state index in [1.165, 1.54) is 9.36 Å². The van der Waals surface area contributed by atoms with Crippen LogP contribution in [0.3, 0.4) is 0 Å². The maximum Gasteiger partial charge on any atom is 0.368 e. The van der Waals surface area contributed by atoms with Crippen molar-refractivity contribution in [3.63, 3.8) is 0 Å². The number of rotatable bonds is 7. The van der Waals surface area contributed by atoms with Gasteiger partial charge in [-0.1, -0.05) is 24.2 Å². The predicted octanol–water partition coefficient (Wildman–Crippen LogP) is 2.92. The molecule has 8 heteroatoms. The first-order chi connectivity index (χ1) is 14.0. The molecule has 0 amide bonds. The fourth-order valence-corrected chi connectivity index (χ4v) is 3.11. The van der Waals surface area contributed by atoms with Crippen molar-refractivity contribution >= 4 is 5.71 Å². The number of benzene rings is 2. The smallest absolute Gasteiger partial charge is 0.368 e. The largest absolute Gasteiger partial charge is 0.489 e. The van der Waals surface area contributed by atoms with Crippen LogP contribution in [0.15, 0.2) is 46.3 Å². The predicted molar refractivity (Wildman–Crippen MR) is 111 cm³/mol. The Hall–Kier alpha value is -3.42. The Labute approximate surface area is 169 Å². The van der Waals surface area contributed by atoms with E-state index in [1.54, 1.807) is 14.2 Å². The van der Waals surface area contributed by atoms with Gasteiger partial charge < -0.3 is 9.57 Å². The SMILES string of the molecule is CC/C(=N\OC)c1ccc(OCc2c(C)cccc2-n2nnn(C)c2=O)c(C)c1. The van der Waals surface area contributed by atoms with Gasteiger partial charge in [-0.3, -0.25) is 0 Å². The molecule has 0 atom stereocenters. The number of aryl methyl sites for hydroxylation is 3. The molecule has 0 aliphatic rings. The van der Waals surface area contributed by atoms with Gasteiger partial charge in [0.2, 0.25) is 0 Å². The first kappa shape index (κ1) is 20.3. The highest BCUT2D eigenvalue weighted by Crippen LogP contribution is 2.24. The summed E-state index contributed by atoms with van der Waals surface area (Å²) in [6, 6.07) is 11.6. The van der Waals surface area contributed by atoms with E-state index in [2.05, 4.69) is 15.6 Å². The van der Waals surface area contributed by atoms with Gasteiger partial charge in [0.05, 0.1) is 11.4 Å². The Morgan fingerprint density at radius 2 is 1.93 bits per heavy atom. The lowest BCUT2D eigenvalue weighted by molar-refractivity contribution is 0.213. The maximum atomic E-state index is 12.3. The second kappa shape index (κ2) is 8.72. The summed E-state index contributed by atoms with van der Waals surface area (Å²) in [6.45, 7) is 6.31. The third-order valence-corrected chi connectivity index (χ3v) is 4.75. The van der Waals surface area contributed by atoms with Gasteiger partial charge in [0, 0.05) is 12.6 Å². The topological polar surface area (TPSA) is 83.5 Å². The van der Waals surface area contributed by atoms with Gasteiger partial charge in [0.15, 0.2) is 0 Å². The average molecular weight is 395 g/mol. The third kappa shape index (κ3) is 4.21. The lowest BCUT2D eigenvalue weighted by Gasteiger charge is -2.15. The van der Waals surface area contributed by atoms with Gasteiger partial charge >= 0.3 is 5.69 Å². The molecule has 0 aliphatic heterocycles. The summed E-state index contributed by atoms with van der Waals surface area (Å²) in [6.07, 6.45) is 0.771. The zero-order valence-electron chi connectivity index (χ0n) is 17.3. The van der Waals surface area contributed by atoms with Crippen molar-refractivity contribution in [1.82, 2.24) is 19.8 Å². The number of aromatic nitrogens is 4. The highest BCUT2D eigenvalue weighted by Gasteiger charge is 2.14. The Kier molecular flexibility index (Phi) is 6.11. The van der Waals surface area contributed by atoms with Crippen LogP contribution in [-0.4, -0.2) is 32.6 Å². The minimum absolute atomic E-state index is 0.304. The first-order valence-corrected chi connectivity index (χ1v) is 9.38. The summed E-state index contributed by atoms with van der Waals surface area (Å²) in [5.41, 5.74) is 5.13. The molecule has 1 heterocycles. The molecule has 2 aromatic carbocycles. The molecule has 3 rings (SSSR count). The summed E-state index contributed by atoms with van der Waals surface area (Å²) in [5, 5.41) is 11.8. The summed E-state index contributed by atoms with van der Waals surface area (Å²) < 4.78 is 8.58. The van der Waals surface area contributed by atoms with Crippen LogP contribution in [0.5, 0.6) is 5.75 Å². The highest BCUT2D eigenvalue weighted by atomic mass is 16.6. The van der Waals surface area contributed by atoms with Gasteiger partial charge in [-0.05, 0) is 71.7 Å². The van der Waals surface area contributed by atoms with E-state index in [0.717, 1.165) is 40.1 Å². The number of ether oxygens (including phenoxy) is 1. The molecule has 0 bridgehead atoms. The summed E-state index contributed by atoms with van der Waals surface area (Å²) in [4.78, 5) is 17.2. The van der Waals surface area contributed by atoms with Gasteiger partial charge in [-0.25, -0.2) is 4.79 Å². The van der Waals surface area contributed by atoms with Crippen molar-refractivity contribution in [2.45, 2.75) is 33.8 Å². The van der Waals surface area contributed by atoms with Crippen molar-refractivity contribution in [2.75, 3.05) is 7.11 Å². The summed E-state index contributed by atoms with van der Waals surface area (Å²) in [7, 11) is 3.11. The molecule has 0 aliphatic carbocycles. The molecule has 1 aromatic heterocycles. The van der Waals surface area contributed by atoms with Crippen LogP contribution in [-0.2, 0) is 18.5 Å². The molecule has 0 radical (unpaired) electrons. The molecular formula is C21H25N5O3. The lowest BCUT2D eigenvalue weighted by Crippen LogP contribution is -2.23. The van der Waals surface area contributed by atoms with E-state index in [0.29, 0.717) is 12.3 Å². The second-order valence-corrected chi connectivity index (χ2v) is 6.71. The van der Waals surface area contributed by atoms with Crippen molar-refractivity contribution in [3.8, 4) is 11.4 Å². The zero-order chi connectivity index (χ0) is 21.0. The van der Waals surface area contributed by atoms with Crippen molar-refractivity contribution in [2.24, 2.45) is 12.2 Å². The summed E-state index contributed by atoms with van der Waals surface area (Å²) in [5.74, 6) is 0.766. The minimum Gasteiger partial charge on any atom is -0.489 e. The molecule has 29 heavy (non-hydrogen) atoms. The fraction of sp³-hybridized carbons (Fsp3) is 0.333. The molecule has 0 spiro atoms. The van der Waals surface area contributed by atoms with E-state index in [9.17, 15) is 4.79 Å². The van der Waals surface area contributed by atoms with Crippen molar-refractivity contribution in [3.05, 3.63) is 69.1 Å². The van der Waals surface area contributed by atoms with Gasteiger partial charge in [0.1, 0.15) is 19.5 Å².